The van der Waals surface area contributed by atoms with Crippen LogP contribution in [0.25, 0.3) is 0 Å². The van der Waals surface area contributed by atoms with E-state index in [1.165, 1.54) is 25.7 Å². The number of carbonyl (C=O) groups excluding carboxylic acids is 1. The molecule has 1 heterocycles. The predicted octanol–water partition coefficient (Wildman–Crippen LogP) is 4.02. The van der Waals surface area contributed by atoms with Crippen LogP contribution in [0.15, 0.2) is 0 Å². The normalized spacial score (nSPS) is 25.4. The van der Waals surface area contributed by atoms with E-state index in [9.17, 15) is 4.79 Å². The fourth-order valence-electron chi connectivity index (χ4n) is 3.89. The lowest BCUT2D eigenvalue weighted by atomic mass is 9.96. The molecule has 0 unspecified atom stereocenters. The van der Waals surface area contributed by atoms with Gasteiger partial charge in [0.1, 0.15) is 5.00 Å². The highest BCUT2D eigenvalue weighted by molar-refractivity contribution is 7.80. The number of hydrogen-bond acceptors (Lipinski definition) is 4. The molecule has 2 aliphatic carbocycles. The number of carbonyl (C=O) groups is 1. The number of esters is 1. The molecule has 0 saturated heterocycles. The Balaban J connectivity index is 1.68. The molecule has 3 rings (SSSR count). The number of anilines is 1. The van der Waals surface area contributed by atoms with Crippen LogP contribution in [0.3, 0.4) is 0 Å². The van der Waals surface area contributed by atoms with Gasteiger partial charge >= 0.3 is 5.97 Å². The average Bonchev–Trinajstić information content (AvgIpc) is 3.15. The lowest BCUT2D eigenvalue weighted by Crippen LogP contribution is -2.40. The highest BCUT2D eigenvalue weighted by Gasteiger charge is 2.39. The quantitative estimate of drug-likeness (QED) is 0.633. The summed E-state index contributed by atoms with van der Waals surface area (Å²) < 4.78 is 5.18. The number of ether oxygens (including phenoxy) is 1. The van der Waals surface area contributed by atoms with E-state index in [1.54, 1.807) is 11.3 Å². The highest BCUT2D eigenvalue weighted by Crippen LogP contribution is 2.44. The van der Waals surface area contributed by atoms with Gasteiger partial charge in [0, 0.05) is 10.9 Å². The number of fused-ring (bicyclic) bond motifs is 2. The molecule has 23 heavy (non-hydrogen) atoms. The van der Waals surface area contributed by atoms with Gasteiger partial charge in [0.15, 0.2) is 5.11 Å². The minimum absolute atomic E-state index is 0.278. The predicted molar refractivity (Wildman–Crippen MR) is 98.3 cm³/mol. The van der Waals surface area contributed by atoms with Crippen LogP contribution < -0.4 is 10.6 Å². The summed E-state index contributed by atoms with van der Waals surface area (Å²) in [6.45, 7) is 6.16. The summed E-state index contributed by atoms with van der Waals surface area (Å²) in [5, 5.41) is 8.11. The summed E-state index contributed by atoms with van der Waals surface area (Å²) >= 11 is 7.04. The molecule has 0 aliphatic heterocycles. The molecule has 2 N–H and O–H groups in total. The van der Waals surface area contributed by atoms with Crippen molar-refractivity contribution < 1.29 is 9.53 Å². The van der Waals surface area contributed by atoms with Gasteiger partial charge in [0.05, 0.1) is 12.2 Å². The highest BCUT2D eigenvalue weighted by atomic mass is 32.1. The monoisotopic (exact) mass is 352 g/mol. The SMILES string of the molecule is CCOC(=O)c1c(NC(=S)N[C@@H]2C[C@@H]3CC[C@@H]2C3)sc(C)c1C. The molecule has 0 amide bonds. The van der Waals surface area contributed by atoms with E-state index in [0.717, 1.165) is 27.3 Å². The average molecular weight is 353 g/mol. The standard InChI is InChI=1S/C17H24N2O2S2/c1-4-21-16(20)14-9(2)10(3)23-15(14)19-17(22)18-13-8-11-5-6-12(13)7-11/h11-13H,4-8H2,1-3H3,(H2,18,19,22)/t11-,12-,13-/m1/s1. The summed E-state index contributed by atoms with van der Waals surface area (Å²) in [7, 11) is 0. The fourth-order valence-corrected chi connectivity index (χ4v) is 5.26. The zero-order valence-electron chi connectivity index (χ0n) is 13.9. The third-order valence-electron chi connectivity index (χ3n) is 5.15. The third kappa shape index (κ3) is 3.38. The Labute approximate surface area is 147 Å². The molecule has 3 atom stereocenters. The number of aryl methyl sites for hydroxylation is 1. The van der Waals surface area contributed by atoms with E-state index < -0.39 is 0 Å². The maximum Gasteiger partial charge on any atom is 0.341 e. The van der Waals surface area contributed by atoms with E-state index in [0.29, 0.717) is 23.3 Å². The first-order chi connectivity index (χ1) is 11.0. The van der Waals surface area contributed by atoms with Gasteiger partial charge in [-0.25, -0.2) is 4.79 Å². The maximum atomic E-state index is 12.2. The summed E-state index contributed by atoms with van der Waals surface area (Å²) in [5.74, 6) is 1.36. The number of thiophene rings is 1. The molecular formula is C17H24N2O2S2. The molecule has 2 aliphatic rings. The van der Waals surface area contributed by atoms with Crippen LogP contribution in [0.1, 0.15) is 53.4 Å². The van der Waals surface area contributed by atoms with Crippen molar-refractivity contribution >= 4 is 39.6 Å². The van der Waals surface area contributed by atoms with Gasteiger partial charge in [0.2, 0.25) is 0 Å². The molecule has 6 heteroatoms. The van der Waals surface area contributed by atoms with Gasteiger partial charge in [-0.1, -0.05) is 6.42 Å². The number of hydrogen-bond donors (Lipinski definition) is 2. The van der Waals surface area contributed by atoms with E-state index >= 15 is 0 Å². The first-order valence-corrected chi connectivity index (χ1v) is 9.56. The number of rotatable bonds is 4. The Kier molecular flexibility index (Phi) is 4.92. The lowest BCUT2D eigenvalue weighted by molar-refractivity contribution is 0.0527. The Morgan fingerprint density at radius 3 is 2.74 bits per heavy atom. The molecule has 0 radical (unpaired) electrons. The van der Waals surface area contributed by atoms with E-state index in [-0.39, 0.29) is 5.97 Å². The van der Waals surface area contributed by atoms with Crippen LogP contribution >= 0.6 is 23.6 Å². The zero-order valence-corrected chi connectivity index (χ0v) is 15.5. The summed E-state index contributed by atoms with van der Waals surface area (Å²) in [4.78, 5) is 13.3. The number of nitrogens with one attached hydrogen (secondary N) is 2. The van der Waals surface area contributed by atoms with Gasteiger partial charge in [-0.05, 0) is 69.7 Å². The fraction of sp³-hybridized carbons (Fsp3) is 0.647. The minimum atomic E-state index is -0.278. The van der Waals surface area contributed by atoms with Crippen molar-refractivity contribution in [3.05, 3.63) is 16.0 Å². The van der Waals surface area contributed by atoms with Crippen molar-refractivity contribution in [2.75, 3.05) is 11.9 Å². The second-order valence-corrected chi connectivity index (χ2v) is 8.22. The smallest absolute Gasteiger partial charge is 0.341 e. The van der Waals surface area contributed by atoms with Gasteiger partial charge < -0.3 is 15.4 Å². The molecule has 0 spiro atoms. The Hall–Kier alpha value is -1.14. The minimum Gasteiger partial charge on any atom is -0.462 e. The largest absolute Gasteiger partial charge is 0.462 e. The van der Waals surface area contributed by atoms with Crippen LogP contribution in [-0.2, 0) is 4.74 Å². The van der Waals surface area contributed by atoms with E-state index in [1.807, 2.05) is 20.8 Å². The van der Waals surface area contributed by atoms with Crippen LogP contribution in [-0.4, -0.2) is 23.7 Å². The second-order valence-electron chi connectivity index (χ2n) is 6.59. The molecule has 1 aromatic heterocycles. The first-order valence-electron chi connectivity index (χ1n) is 8.34. The van der Waals surface area contributed by atoms with Crippen molar-refractivity contribution in [3.63, 3.8) is 0 Å². The number of thiocarbonyl (C=S) groups is 1. The van der Waals surface area contributed by atoms with Crippen LogP contribution in [0, 0.1) is 25.7 Å². The van der Waals surface area contributed by atoms with Crippen molar-refractivity contribution in [1.29, 1.82) is 0 Å². The van der Waals surface area contributed by atoms with Crippen molar-refractivity contribution in [3.8, 4) is 0 Å². The second kappa shape index (κ2) is 6.77. The molecule has 0 aromatic carbocycles. The third-order valence-corrected chi connectivity index (χ3v) is 6.49. The van der Waals surface area contributed by atoms with E-state index in [2.05, 4.69) is 10.6 Å². The van der Waals surface area contributed by atoms with Crippen molar-refractivity contribution in [1.82, 2.24) is 5.32 Å². The molecule has 2 bridgehead atoms. The zero-order chi connectivity index (χ0) is 16.6. The molecular weight excluding hydrogens is 328 g/mol. The topological polar surface area (TPSA) is 50.4 Å². The molecule has 2 saturated carbocycles. The molecule has 4 nitrogen and oxygen atoms in total. The van der Waals surface area contributed by atoms with Gasteiger partial charge in [-0.15, -0.1) is 11.3 Å². The van der Waals surface area contributed by atoms with Gasteiger partial charge in [0.25, 0.3) is 0 Å². The maximum absolute atomic E-state index is 12.2. The lowest BCUT2D eigenvalue weighted by Gasteiger charge is -2.24. The molecule has 2 fully saturated rings. The summed E-state index contributed by atoms with van der Waals surface area (Å²) in [6.07, 6.45) is 5.25. The van der Waals surface area contributed by atoms with Crippen LogP contribution in [0.4, 0.5) is 5.00 Å². The molecule has 1 aromatic rings. The summed E-state index contributed by atoms with van der Waals surface area (Å²) in [6, 6.07) is 0.488. The Bertz CT molecular complexity index is 626. The first kappa shape index (κ1) is 16.7. The Morgan fingerprint density at radius 2 is 2.13 bits per heavy atom. The van der Waals surface area contributed by atoms with Gasteiger partial charge in [-0.3, -0.25) is 0 Å². The molecule has 126 valence electrons. The van der Waals surface area contributed by atoms with Crippen molar-refractivity contribution in [2.24, 2.45) is 11.8 Å². The van der Waals surface area contributed by atoms with Gasteiger partial charge in [-0.2, -0.15) is 0 Å². The van der Waals surface area contributed by atoms with E-state index in [4.69, 9.17) is 17.0 Å². The Morgan fingerprint density at radius 1 is 1.35 bits per heavy atom. The van der Waals surface area contributed by atoms with Crippen molar-refractivity contribution in [2.45, 2.75) is 52.5 Å². The van der Waals surface area contributed by atoms with Crippen LogP contribution in [0.5, 0.6) is 0 Å². The van der Waals surface area contributed by atoms with Crippen LogP contribution in [0.2, 0.25) is 0 Å². The summed E-state index contributed by atoms with van der Waals surface area (Å²) in [5.41, 5.74) is 1.59.